The Morgan fingerprint density at radius 2 is 1.87 bits per heavy atom. The second kappa shape index (κ2) is 10.1. The molecule has 4 heterocycles. The van der Waals surface area contributed by atoms with E-state index in [0.29, 0.717) is 30.2 Å². The van der Waals surface area contributed by atoms with E-state index in [1.807, 2.05) is 36.1 Å². The first-order chi connectivity index (χ1) is 18.3. The Kier molecular flexibility index (Phi) is 6.69. The molecule has 1 aliphatic carbocycles. The molecule has 3 aliphatic rings. The zero-order valence-corrected chi connectivity index (χ0v) is 22.7. The summed E-state index contributed by atoms with van der Waals surface area (Å²) in [5, 5.41) is 7.71. The van der Waals surface area contributed by atoms with Crippen molar-refractivity contribution in [2.45, 2.75) is 57.7 Å². The highest BCUT2D eigenvalue weighted by Gasteiger charge is 2.38. The van der Waals surface area contributed by atoms with Crippen LogP contribution >= 0.6 is 11.3 Å². The van der Waals surface area contributed by atoms with Crippen molar-refractivity contribution in [1.82, 2.24) is 30.4 Å². The molecule has 1 aromatic carbocycles. The molecule has 0 radical (unpaired) electrons. The number of amides is 3. The predicted octanol–water partition coefficient (Wildman–Crippen LogP) is 2.85. The maximum absolute atomic E-state index is 13.3. The fraction of sp³-hybridized carbons (Fsp3) is 0.500. The van der Waals surface area contributed by atoms with E-state index in [1.54, 1.807) is 0 Å². The van der Waals surface area contributed by atoms with E-state index in [9.17, 15) is 14.4 Å². The number of rotatable bonds is 5. The van der Waals surface area contributed by atoms with Crippen molar-refractivity contribution in [3.8, 4) is 0 Å². The van der Waals surface area contributed by atoms with Gasteiger partial charge in [0.1, 0.15) is 5.69 Å². The Labute approximate surface area is 226 Å². The van der Waals surface area contributed by atoms with E-state index in [0.717, 1.165) is 65.8 Å². The first-order valence-corrected chi connectivity index (χ1v) is 14.3. The Morgan fingerprint density at radius 1 is 1.05 bits per heavy atom. The summed E-state index contributed by atoms with van der Waals surface area (Å²) in [5.41, 5.74) is 3.53. The van der Waals surface area contributed by atoms with Crippen molar-refractivity contribution in [1.29, 1.82) is 0 Å². The Morgan fingerprint density at radius 3 is 2.66 bits per heavy atom. The maximum atomic E-state index is 13.3. The van der Waals surface area contributed by atoms with E-state index in [1.165, 1.54) is 11.3 Å². The zero-order valence-electron chi connectivity index (χ0n) is 21.9. The topological polar surface area (TPSA) is 110 Å². The van der Waals surface area contributed by atoms with Crippen LogP contribution in [0.3, 0.4) is 0 Å². The number of aryl methyl sites for hydroxylation is 1. The van der Waals surface area contributed by atoms with Crippen LogP contribution < -0.4 is 10.6 Å². The van der Waals surface area contributed by atoms with Crippen LogP contribution in [0.4, 0.5) is 0 Å². The van der Waals surface area contributed by atoms with Gasteiger partial charge in [-0.1, -0.05) is 18.1 Å². The number of carbonyl (C=O) groups excluding carboxylic acids is 3. The normalized spacial score (nSPS) is 22.1. The van der Waals surface area contributed by atoms with Crippen LogP contribution in [0.1, 0.15) is 62.1 Å². The van der Waals surface area contributed by atoms with Gasteiger partial charge in [0.15, 0.2) is 5.01 Å². The van der Waals surface area contributed by atoms with E-state index >= 15 is 0 Å². The van der Waals surface area contributed by atoms with Gasteiger partial charge in [-0.2, -0.15) is 0 Å². The summed E-state index contributed by atoms with van der Waals surface area (Å²) >= 11 is 1.44. The fourth-order valence-electron chi connectivity index (χ4n) is 5.66. The van der Waals surface area contributed by atoms with Gasteiger partial charge in [0.05, 0.1) is 17.8 Å². The van der Waals surface area contributed by atoms with Crippen LogP contribution in [0.15, 0.2) is 24.3 Å². The average molecular weight is 535 g/mol. The molecule has 2 fully saturated rings. The molecule has 3 N–H and O–H groups in total. The van der Waals surface area contributed by atoms with Crippen molar-refractivity contribution in [3.63, 3.8) is 0 Å². The number of aromatic amines is 1. The van der Waals surface area contributed by atoms with Crippen molar-refractivity contribution in [2.24, 2.45) is 5.92 Å². The number of piperidine rings is 1. The molecule has 0 spiro atoms. The fourth-order valence-corrected chi connectivity index (χ4v) is 6.75. The molecule has 9 nitrogen and oxygen atoms in total. The second-order valence-electron chi connectivity index (χ2n) is 11.0. The number of hydrogen-bond donors (Lipinski definition) is 3. The largest absolute Gasteiger partial charge is 0.351 e. The summed E-state index contributed by atoms with van der Waals surface area (Å²) < 4.78 is 0. The maximum Gasteiger partial charge on any atom is 0.280 e. The van der Waals surface area contributed by atoms with Crippen LogP contribution in [-0.4, -0.2) is 76.3 Å². The molecule has 200 valence electrons. The summed E-state index contributed by atoms with van der Waals surface area (Å²) in [6, 6.07) is 7.18. The lowest BCUT2D eigenvalue weighted by Crippen LogP contribution is -2.62. The van der Waals surface area contributed by atoms with Crippen molar-refractivity contribution >= 4 is 40.0 Å². The van der Waals surface area contributed by atoms with E-state index in [2.05, 4.69) is 32.5 Å². The number of nitrogens with zero attached hydrogens (tertiary/aromatic N) is 3. The third-order valence-electron chi connectivity index (χ3n) is 8.15. The highest BCUT2D eigenvalue weighted by molar-refractivity contribution is 7.13. The lowest BCUT2D eigenvalue weighted by atomic mass is 9.83. The van der Waals surface area contributed by atoms with E-state index in [-0.39, 0.29) is 29.7 Å². The summed E-state index contributed by atoms with van der Waals surface area (Å²) in [6.07, 6.45) is 4.38. The molecule has 2 atom stereocenters. The first kappa shape index (κ1) is 25.1. The molecule has 1 saturated carbocycles. The van der Waals surface area contributed by atoms with Gasteiger partial charge < -0.3 is 25.4 Å². The van der Waals surface area contributed by atoms with Crippen LogP contribution in [0.2, 0.25) is 0 Å². The monoisotopic (exact) mass is 534 g/mol. The van der Waals surface area contributed by atoms with Gasteiger partial charge in [-0.05, 0) is 51.4 Å². The second-order valence-corrected chi connectivity index (χ2v) is 12.1. The van der Waals surface area contributed by atoms with Gasteiger partial charge >= 0.3 is 0 Å². The van der Waals surface area contributed by atoms with Gasteiger partial charge in [0.25, 0.3) is 11.8 Å². The van der Waals surface area contributed by atoms with Gasteiger partial charge in [-0.25, -0.2) is 4.98 Å². The minimum absolute atomic E-state index is 0.0926. The summed E-state index contributed by atoms with van der Waals surface area (Å²) in [5.74, 6) is -0.195. The van der Waals surface area contributed by atoms with Crippen LogP contribution in [0, 0.1) is 12.8 Å². The number of benzene rings is 1. The first-order valence-electron chi connectivity index (χ1n) is 13.5. The quantitative estimate of drug-likeness (QED) is 0.466. The molecule has 0 unspecified atom stereocenters. The molecule has 2 aromatic heterocycles. The lowest BCUT2D eigenvalue weighted by Gasteiger charge is -2.41. The lowest BCUT2D eigenvalue weighted by molar-refractivity contribution is -0.139. The summed E-state index contributed by atoms with van der Waals surface area (Å²) in [6.45, 7) is 4.70. The van der Waals surface area contributed by atoms with Gasteiger partial charge in [0.2, 0.25) is 5.91 Å². The molecule has 38 heavy (non-hydrogen) atoms. The Bertz CT molecular complexity index is 1390. The number of hydrogen-bond acceptors (Lipinski definition) is 6. The molecule has 0 bridgehead atoms. The number of carbonyl (C=O) groups is 3. The standard InChI is InChI=1S/C28H34N6O3S/c1-16-6-7-19-18(12-16)13-22(29-19)25(35)30-20-9-11-34(28(37)17-4-3-5-17)14-23(20)31-26(36)27-32-21-8-10-33(2)15-24(21)38-27/h6-7,12-13,17,20,23,29H,3-5,8-11,14-15H2,1-2H3,(H,30,35)(H,31,36)/t20-,23+/m0/s1. The van der Waals surface area contributed by atoms with Crippen LogP contribution in [0.5, 0.6) is 0 Å². The van der Waals surface area contributed by atoms with E-state index < -0.39 is 6.04 Å². The van der Waals surface area contributed by atoms with Crippen molar-refractivity contribution < 1.29 is 14.4 Å². The zero-order chi connectivity index (χ0) is 26.4. The highest BCUT2D eigenvalue weighted by atomic mass is 32.1. The number of nitrogens with one attached hydrogen (secondary N) is 3. The molecule has 6 rings (SSSR count). The molecule has 10 heteroatoms. The minimum Gasteiger partial charge on any atom is -0.351 e. The van der Waals surface area contributed by atoms with Crippen molar-refractivity contribution in [2.75, 3.05) is 26.7 Å². The third kappa shape index (κ3) is 4.94. The SMILES string of the molecule is Cc1ccc2[nH]c(C(=O)N[C@H]3CCN(C(=O)C4CCC4)C[C@H]3NC(=O)c3nc4c(s3)CN(C)CC4)cc2c1. The molecular formula is C28H34N6O3S. The van der Waals surface area contributed by atoms with Crippen LogP contribution in [0.25, 0.3) is 10.9 Å². The van der Waals surface area contributed by atoms with Gasteiger partial charge in [0, 0.05) is 54.3 Å². The number of likely N-dealkylation sites (N-methyl/N-ethyl adjacent to an activating group) is 1. The van der Waals surface area contributed by atoms with Gasteiger partial charge in [-0.3, -0.25) is 14.4 Å². The predicted molar refractivity (Wildman–Crippen MR) is 146 cm³/mol. The number of aromatic nitrogens is 2. The molecular weight excluding hydrogens is 500 g/mol. The van der Waals surface area contributed by atoms with E-state index in [4.69, 9.17) is 0 Å². The Hall–Kier alpha value is -3.24. The highest BCUT2D eigenvalue weighted by Crippen LogP contribution is 2.30. The minimum atomic E-state index is -0.403. The number of H-pyrrole nitrogens is 1. The average Bonchev–Trinajstić information content (AvgIpc) is 3.47. The van der Waals surface area contributed by atoms with Crippen LogP contribution in [-0.2, 0) is 17.8 Å². The molecule has 3 amide bonds. The molecule has 3 aromatic rings. The number of fused-ring (bicyclic) bond motifs is 2. The summed E-state index contributed by atoms with van der Waals surface area (Å²) in [7, 11) is 2.07. The number of thiazole rings is 1. The third-order valence-corrected chi connectivity index (χ3v) is 9.23. The smallest absolute Gasteiger partial charge is 0.280 e. The van der Waals surface area contributed by atoms with Gasteiger partial charge in [-0.15, -0.1) is 11.3 Å². The van der Waals surface area contributed by atoms with Crippen molar-refractivity contribution in [3.05, 3.63) is 51.1 Å². The Balaban J connectivity index is 1.19. The summed E-state index contributed by atoms with van der Waals surface area (Å²) in [4.78, 5) is 52.7. The molecule has 2 aliphatic heterocycles. The number of likely N-dealkylation sites (tertiary alicyclic amines) is 1. The molecule has 1 saturated heterocycles.